The van der Waals surface area contributed by atoms with E-state index in [1.54, 1.807) is 12.1 Å². The smallest absolute Gasteiger partial charge is 0.308 e. The van der Waals surface area contributed by atoms with Gasteiger partial charge in [-0.15, -0.1) is 0 Å². The summed E-state index contributed by atoms with van der Waals surface area (Å²) in [6, 6.07) is 7.11. The second-order valence-electron chi connectivity index (χ2n) is 4.38. The molecule has 2 atom stereocenters. The van der Waals surface area contributed by atoms with Crippen LogP contribution in [0.1, 0.15) is 38.7 Å². The van der Waals surface area contributed by atoms with E-state index < -0.39 is 0 Å². The van der Waals surface area contributed by atoms with Gasteiger partial charge < -0.3 is 9.84 Å². The number of ether oxygens (including phenoxy) is 1. The van der Waals surface area contributed by atoms with Crippen LogP contribution in [0.5, 0.6) is 5.75 Å². The van der Waals surface area contributed by atoms with Crippen LogP contribution in [-0.2, 0) is 9.53 Å². The van der Waals surface area contributed by atoms with Crippen LogP contribution in [-0.4, -0.2) is 17.7 Å². The molecule has 1 N–H and O–H groups in total. The number of hydrogen-bond donors (Lipinski definition) is 1. The van der Waals surface area contributed by atoms with E-state index in [1.807, 2.05) is 26.0 Å². The Bertz CT molecular complexity index is 356. The van der Waals surface area contributed by atoms with Gasteiger partial charge in [0.05, 0.1) is 12.5 Å². The van der Waals surface area contributed by atoms with Crippen molar-refractivity contribution in [2.45, 2.75) is 33.1 Å². The van der Waals surface area contributed by atoms with Crippen molar-refractivity contribution in [3.63, 3.8) is 0 Å². The van der Waals surface area contributed by atoms with Crippen LogP contribution < -0.4 is 0 Å². The summed E-state index contributed by atoms with van der Waals surface area (Å²) < 4.78 is 4.98. The van der Waals surface area contributed by atoms with Crippen molar-refractivity contribution >= 4 is 5.97 Å². The molecule has 3 heteroatoms. The summed E-state index contributed by atoms with van der Waals surface area (Å²) in [4.78, 5) is 11.5. The molecule has 0 spiro atoms. The van der Waals surface area contributed by atoms with Crippen LogP contribution in [0.25, 0.3) is 0 Å². The van der Waals surface area contributed by atoms with Crippen molar-refractivity contribution in [1.82, 2.24) is 0 Å². The minimum Gasteiger partial charge on any atom is -0.508 e. The Kier molecular flexibility index (Phi) is 5.01. The van der Waals surface area contributed by atoms with E-state index in [0.717, 1.165) is 12.0 Å². The Labute approximate surface area is 102 Å². The Morgan fingerprint density at radius 2 is 1.88 bits per heavy atom. The molecule has 0 aliphatic heterocycles. The maximum atomic E-state index is 11.5. The second-order valence-corrected chi connectivity index (χ2v) is 4.38. The first-order valence-electron chi connectivity index (χ1n) is 6.00. The van der Waals surface area contributed by atoms with Gasteiger partial charge in [-0.05, 0) is 37.0 Å². The first kappa shape index (κ1) is 13.6. The molecule has 0 radical (unpaired) electrons. The molecule has 3 nitrogen and oxygen atoms in total. The summed E-state index contributed by atoms with van der Waals surface area (Å²) in [5.41, 5.74) is 1.12. The van der Waals surface area contributed by atoms with Crippen molar-refractivity contribution in [1.29, 1.82) is 0 Å². The molecule has 1 aromatic rings. The first-order chi connectivity index (χ1) is 8.04. The van der Waals surface area contributed by atoms with Crippen molar-refractivity contribution in [2.24, 2.45) is 5.92 Å². The minimum atomic E-state index is -0.141. The maximum Gasteiger partial charge on any atom is 0.308 e. The van der Waals surface area contributed by atoms with Gasteiger partial charge in [0.2, 0.25) is 0 Å². The number of hydrogen-bond acceptors (Lipinski definition) is 3. The van der Waals surface area contributed by atoms with Crippen LogP contribution >= 0.6 is 0 Å². The van der Waals surface area contributed by atoms with E-state index in [0.29, 0.717) is 6.61 Å². The number of carbonyl (C=O) groups is 1. The normalized spacial score (nSPS) is 14.1. The van der Waals surface area contributed by atoms with Crippen molar-refractivity contribution in [3.8, 4) is 5.75 Å². The molecule has 0 saturated carbocycles. The van der Waals surface area contributed by atoms with Crippen LogP contribution in [0.4, 0.5) is 0 Å². The van der Waals surface area contributed by atoms with E-state index in [9.17, 15) is 9.90 Å². The largest absolute Gasteiger partial charge is 0.508 e. The highest BCUT2D eigenvalue weighted by atomic mass is 16.5. The summed E-state index contributed by atoms with van der Waals surface area (Å²) in [6.45, 7) is 6.20. The summed E-state index contributed by atoms with van der Waals surface area (Å²) in [5.74, 6) is 0.297. The molecular weight excluding hydrogens is 216 g/mol. The molecule has 1 rings (SSSR count). The molecule has 0 aliphatic rings. The highest BCUT2D eigenvalue weighted by Crippen LogP contribution is 2.25. The summed E-state index contributed by atoms with van der Waals surface area (Å²) in [7, 11) is 0. The van der Waals surface area contributed by atoms with Gasteiger partial charge in [0, 0.05) is 0 Å². The van der Waals surface area contributed by atoms with E-state index in [1.165, 1.54) is 0 Å². The lowest BCUT2D eigenvalue weighted by molar-refractivity contribution is -0.147. The summed E-state index contributed by atoms with van der Waals surface area (Å²) >= 11 is 0. The van der Waals surface area contributed by atoms with E-state index in [-0.39, 0.29) is 23.6 Å². The second kappa shape index (κ2) is 6.28. The zero-order chi connectivity index (χ0) is 12.8. The molecule has 2 unspecified atom stereocenters. The van der Waals surface area contributed by atoms with Gasteiger partial charge in [-0.1, -0.05) is 26.0 Å². The fourth-order valence-corrected chi connectivity index (χ4v) is 1.85. The third-order valence-corrected chi connectivity index (χ3v) is 2.86. The van der Waals surface area contributed by atoms with Crippen LogP contribution in [0.2, 0.25) is 0 Å². The molecule has 0 fully saturated rings. The maximum absolute atomic E-state index is 11.5. The van der Waals surface area contributed by atoms with Crippen molar-refractivity contribution < 1.29 is 14.6 Å². The molecule has 1 aromatic carbocycles. The summed E-state index contributed by atoms with van der Waals surface area (Å²) in [6.07, 6.45) is 0.754. The molecule has 0 saturated heterocycles. The monoisotopic (exact) mass is 236 g/mol. The van der Waals surface area contributed by atoms with Crippen LogP contribution in [0, 0.1) is 5.92 Å². The number of rotatable bonds is 5. The van der Waals surface area contributed by atoms with Crippen LogP contribution in [0.15, 0.2) is 24.3 Å². The third kappa shape index (κ3) is 4.10. The molecule has 94 valence electrons. The average Bonchev–Trinajstić information content (AvgIpc) is 2.30. The Morgan fingerprint density at radius 3 is 2.41 bits per heavy atom. The standard InChI is InChI=1S/C14H20O3/c1-4-17-14(16)11(3)9-10(2)12-5-7-13(15)8-6-12/h5-8,10-11,15H,4,9H2,1-3H3. The summed E-state index contributed by atoms with van der Waals surface area (Å²) in [5, 5.41) is 9.20. The van der Waals surface area contributed by atoms with Crippen molar-refractivity contribution in [2.75, 3.05) is 6.61 Å². The van der Waals surface area contributed by atoms with E-state index >= 15 is 0 Å². The molecule has 17 heavy (non-hydrogen) atoms. The van der Waals surface area contributed by atoms with Gasteiger partial charge in [-0.3, -0.25) is 4.79 Å². The van der Waals surface area contributed by atoms with Gasteiger partial charge in [0.1, 0.15) is 5.75 Å². The molecule has 0 heterocycles. The molecular formula is C14H20O3. The lowest BCUT2D eigenvalue weighted by Gasteiger charge is -2.16. The lowest BCUT2D eigenvalue weighted by Crippen LogP contribution is -2.16. The predicted molar refractivity (Wildman–Crippen MR) is 66.9 cm³/mol. The number of phenolic OH excluding ortho intramolecular Hbond substituents is 1. The SMILES string of the molecule is CCOC(=O)C(C)CC(C)c1ccc(O)cc1. The minimum absolute atomic E-state index is 0.0984. The predicted octanol–water partition coefficient (Wildman–Crippen LogP) is 3.09. The van der Waals surface area contributed by atoms with E-state index in [2.05, 4.69) is 6.92 Å². The third-order valence-electron chi connectivity index (χ3n) is 2.86. The van der Waals surface area contributed by atoms with Crippen molar-refractivity contribution in [3.05, 3.63) is 29.8 Å². The number of benzene rings is 1. The number of aromatic hydroxyl groups is 1. The number of esters is 1. The Hall–Kier alpha value is -1.51. The Morgan fingerprint density at radius 1 is 1.29 bits per heavy atom. The Balaban J connectivity index is 2.56. The molecule has 0 aliphatic carbocycles. The highest BCUT2D eigenvalue weighted by Gasteiger charge is 2.18. The van der Waals surface area contributed by atoms with E-state index in [4.69, 9.17) is 4.74 Å². The fourth-order valence-electron chi connectivity index (χ4n) is 1.85. The van der Waals surface area contributed by atoms with Gasteiger partial charge in [-0.2, -0.15) is 0 Å². The molecule has 0 bridgehead atoms. The van der Waals surface area contributed by atoms with Gasteiger partial charge in [-0.25, -0.2) is 0 Å². The number of carbonyl (C=O) groups excluding carboxylic acids is 1. The zero-order valence-electron chi connectivity index (χ0n) is 10.6. The average molecular weight is 236 g/mol. The molecule has 0 aromatic heterocycles. The lowest BCUT2D eigenvalue weighted by atomic mass is 9.91. The quantitative estimate of drug-likeness (QED) is 0.799. The van der Waals surface area contributed by atoms with Gasteiger partial charge in [0.15, 0.2) is 0 Å². The molecule has 0 amide bonds. The number of phenols is 1. The topological polar surface area (TPSA) is 46.5 Å². The van der Waals surface area contributed by atoms with Gasteiger partial charge in [0.25, 0.3) is 0 Å². The van der Waals surface area contributed by atoms with Gasteiger partial charge >= 0.3 is 5.97 Å². The van der Waals surface area contributed by atoms with Crippen LogP contribution in [0.3, 0.4) is 0 Å². The fraction of sp³-hybridized carbons (Fsp3) is 0.500. The zero-order valence-corrected chi connectivity index (χ0v) is 10.6. The highest BCUT2D eigenvalue weighted by molar-refractivity contribution is 5.72. The first-order valence-corrected chi connectivity index (χ1v) is 6.00.